The first-order valence-electron chi connectivity index (χ1n) is 8.35. The van der Waals surface area contributed by atoms with Crippen molar-refractivity contribution in [1.82, 2.24) is 9.80 Å². The molecular weight excluding hydrogens is 320 g/mol. The Morgan fingerprint density at radius 3 is 2.33 bits per heavy atom. The van der Waals surface area contributed by atoms with E-state index in [0.717, 1.165) is 36.6 Å². The van der Waals surface area contributed by atoms with Crippen LogP contribution in [0.4, 0.5) is 0 Å². The summed E-state index contributed by atoms with van der Waals surface area (Å²) in [5.41, 5.74) is 2.15. The summed E-state index contributed by atoms with van der Waals surface area (Å²) >= 11 is 1.55. The molecule has 128 valence electrons. The number of piperazine rings is 1. The van der Waals surface area contributed by atoms with Gasteiger partial charge in [-0.25, -0.2) is 0 Å². The van der Waals surface area contributed by atoms with Crippen LogP contribution in [0.5, 0.6) is 0 Å². The van der Waals surface area contributed by atoms with Crippen molar-refractivity contribution in [3.05, 3.63) is 57.3 Å². The van der Waals surface area contributed by atoms with Crippen molar-refractivity contribution in [1.29, 1.82) is 0 Å². The molecule has 1 unspecified atom stereocenters. The van der Waals surface area contributed by atoms with Gasteiger partial charge in [0.05, 0.1) is 11.0 Å². The van der Waals surface area contributed by atoms with Crippen molar-refractivity contribution in [3.63, 3.8) is 0 Å². The van der Waals surface area contributed by atoms with Gasteiger partial charge in [0.1, 0.15) is 0 Å². The average molecular weight is 344 g/mol. The van der Waals surface area contributed by atoms with Gasteiger partial charge in [-0.3, -0.25) is 9.69 Å². The minimum atomic E-state index is -0.479. The van der Waals surface area contributed by atoms with Crippen LogP contribution < -0.4 is 0 Å². The van der Waals surface area contributed by atoms with Crippen molar-refractivity contribution >= 4 is 17.2 Å². The fourth-order valence-electron chi connectivity index (χ4n) is 2.98. The number of benzene rings is 1. The number of aryl methyl sites for hydroxylation is 2. The SMILES string of the molecule is Cc1ccc(C(O)CN2CCN(C(=O)c3ccc(C)s3)CC2)cc1. The number of carbonyl (C=O) groups excluding carboxylic acids is 1. The Morgan fingerprint density at radius 2 is 1.75 bits per heavy atom. The molecule has 5 heteroatoms. The van der Waals surface area contributed by atoms with Gasteiger partial charge in [0.25, 0.3) is 5.91 Å². The van der Waals surface area contributed by atoms with Gasteiger partial charge >= 0.3 is 0 Å². The minimum Gasteiger partial charge on any atom is -0.387 e. The molecular formula is C19H24N2O2S. The lowest BCUT2D eigenvalue weighted by molar-refractivity contribution is 0.0531. The fraction of sp³-hybridized carbons (Fsp3) is 0.421. The predicted molar refractivity (Wildman–Crippen MR) is 97.5 cm³/mol. The normalized spacial score (nSPS) is 17.0. The van der Waals surface area contributed by atoms with Crippen LogP contribution in [0, 0.1) is 13.8 Å². The zero-order chi connectivity index (χ0) is 17.1. The van der Waals surface area contributed by atoms with Gasteiger partial charge in [0, 0.05) is 37.6 Å². The number of nitrogens with zero attached hydrogens (tertiary/aromatic N) is 2. The van der Waals surface area contributed by atoms with E-state index in [1.54, 1.807) is 11.3 Å². The van der Waals surface area contributed by atoms with Crippen molar-refractivity contribution < 1.29 is 9.90 Å². The van der Waals surface area contributed by atoms with Crippen LogP contribution in [0.1, 0.15) is 31.8 Å². The maximum Gasteiger partial charge on any atom is 0.264 e. The third kappa shape index (κ3) is 4.04. The Hall–Kier alpha value is -1.69. The first-order chi connectivity index (χ1) is 11.5. The summed E-state index contributed by atoms with van der Waals surface area (Å²) in [6.07, 6.45) is -0.479. The van der Waals surface area contributed by atoms with Crippen LogP contribution in [0.2, 0.25) is 0 Å². The lowest BCUT2D eigenvalue weighted by atomic mass is 10.1. The average Bonchev–Trinajstić information content (AvgIpc) is 3.02. The van der Waals surface area contributed by atoms with E-state index in [1.165, 1.54) is 10.4 Å². The number of carbonyl (C=O) groups is 1. The molecule has 0 saturated carbocycles. The molecule has 0 spiro atoms. The molecule has 0 bridgehead atoms. The summed E-state index contributed by atoms with van der Waals surface area (Å²) in [6.45, 7) is 7.72. The van der Waals surface area contributed by atoms with Crippen LogP contribution in [0.25, 0.3) is 0 Å². The lowest BCUT2D eigenvalue weighted by Crippen LogP contribution is -2.49. The minimum absolute atomic E-state index is 0.131. The molecule has 1 atom stereocenters. The highest BCUT2D eigenvalue weighted by Gasteiger charge is 2.24. The number of rotatable bonds is 4. The van der Waals surface area contributed by atoms with E-state index in [0.29, 0.717) is 6.54 Å². The second kappa shape index (κ2) is 7.47. The second-order valence-electron chi connectivity index (χ2n) is 6.43. The second-order valence-corrected chi connectivity index (χ2v) is 7.72. The standard InChI is InChI=1S/C19H24N2O2S/c1-14-3-6-16(7-4-14)17(22)13-20-9-11-21(12-10-20)19(23)18-8-5-15(2)24-18/h3-8,17,22H,9-13H2,1-2H3. The van der Waals surface area contributed by atoms with Crippen LogP contribution >= 0.6 is 11.3 Å². The summed E-state index contributed by atoms with van der Waals surface area (Å²) in [6, 6.07) is 11.9. The molecule has 1 N–H and O–H groups in total. The molecule has 0 aliphatic carbocycles. The highest BCUT2D eigenvalue weighted by molar-refractivity contribution is 7.13. The van der Waals surface area contributed by atoms with Crippen LogP contribution in [-0.4, -0.2) is 53.5 Å². The van der Waals surface area contributed by atoms with E-state index in [1.807, 2.05) is 55.1 Å². The maximum absolute atomic E-state index is 12.5. The van der Waals surface area contributed by atoms with Crippen LogP contribution in [0.15, 0.2) is 36.4 Å². The van der Waals surface area contributed by atoms with E-state index >= 15 is 0 Å². The highest BCUT2D eigenvalue weighted by Crippen LogP contribution is 2.19. The molecule has 2 heterocycles. The molecule has 1 aromatic carbocycles. The van der Waals surface area contributed by atoms with E-state index < -0.39 is 6.10 Å². The molecule has 24 heavy (non-hydrogen) atoms. The van der Waals surface area contributed by atoms with Gasteiger partial charge < -0.3 is 10.0 Å². The Balaban J connectivity index is 1.51. The Morgan fingerprint density at radius 1 is 1.08 bits per heavy atom. The van der Waals surface area contributed by atoms with Gasteiger partial charge in [-0.1, -0.05) is 29.8 Å². The molecule has 1 amide bonds. The smallest absolute Gasteiger partial charge is 0.264 e. The summed E-state index contributed by atoms with van der Waals surface area (Å²) < 4.78 is 0. The van der Waals surface area contributed by atoms with Crippen LogP contribution in [-0.2, 0) is 0 Å². The van der Waals surface area contributed by atoms with Gasteiger partial charge in [0.2, 0.25) is 0 Å². The zero-order valence-corrected chi connectivity index (χ0v) is 15.1. The van der Waals surface area contributed by atoms with Crippen LogP contribution in [0.3, 0.4) is 0 Å². The number of β-amino-alcohol motifs (C(OH)–C–C–N with tert-alkyl or cyclic N) is 1. The quantitative estimate of drug-likeness (QED) is 0.927. The van der Waals surface area contributed by atoms with Gasteiger partial charge in [-0.15, -0.1) is 11.3 Å². The largest absolute Gasteiger partial charge is 0.387 e. The van der Waals surface area contributed by atoms with Crippen molar-refractivity contribution in [2.75, 3.05) is 32.7 Å². The molecule has 1 fully saturated rings. The zero-order valence-electron chi connectivity index (χ0n) is 14.2. The summed E-state index contributed by atoms with van der Waals surface area (Å²) in [4.78, 5) is 18.6. The van der Waals surface area contributed by atoms with E-state index in [9.17, 15) is 9.90 Å². The highest BCUT2D eigenvalue weighted by atomic mass is 32.1. The Labute approximate surface area is 147 Å². The molecule has 1 aliphatic rings. The van der Waals surface area contributed by atoms with Gasteiger partial charge in [0.15, 0.2) is 0 Å². The Kier molecular flexibility index (Phi) is 5.33. The van der Waals surface area contributed by atoms with E-state index in [2.05, 4.69) is 4.90 Å². The number of amides is 1. The number of aliphatic hydroxyl groups excluding tert-OH is 1. The first-order valence-corrected chi connectivity index (χ1v) is 9.17. The number of thiophene rings is 1. The van der Waals surface area contributed by atoms with E-state index in [-0.39, 0.29) is 5.91 Å². The van der Waals surface area contributed by atoms with E-state index in [4.69, 9.17) is 0 Å². The molecule has 1 aliphatic heterocycles. The molecule has 1 saturated heterocycles. The lowest BCUT2D eigenvalue weighted by Gasteiger charge is -2.35. The summed E-state index contributed by atoms with van der Waals surface area (Å²) in [5.74, 6) is 0.131. The van der Waals surface area contributed by atoms with Crippen molar-refractivity contribution in [3.8, 4) is 0 Å². The fourth-order valence-corrected chi connectivity index (χ4v) is 3.81. The molecule has 4 nitrogen and oxygen atoms in total. The summed E-state index contributed by atoms with van der Waals surface area (Å²) in [5, 5.41) is 10.4. The first kappa shape index (κ1) is 17.1. The number of aliphatic hydroxyl groups is 1. The topological polar surface area (TPSA) is 43.8 Å². The Bertz CT molecular complexity index is 688. The van der Waals surface area contributed by atoms with Crippen molar-refractivity contribution in [2.45, 2.75) is 20.0 Å². The number of hydrogen-bond donors (Lipinski definition) is 1. The molecule has 0 radical (unpaired) electrons. The predicted octanol–water partition coefficient (Wildman–Crippen LogP) is 2.86. The van der Waals surface area contributed by atoms with Crippen molar-refractivity contribution in [2.24, 2.45) is 0 Å². The monoisotopic (exact) mass is 344 g/mol. The molecule has 1 aromatic heterocycles. The molecule has 2 aromatic rings. The van der Waals surface area contributed by atoms with Gasteiger partial charge in [-0.05, 0) is 31.5 Å². The third-order valence-electron chi connectivity index (χ3n) is 4.50. The molecule has 3 rings (SSSR count). The number of hydrogen-bond acceptors (Lipinski definition) is 4. The third-order valence-corrected chi connectivity index (χ3v) is 5.49. The maximum atomic E-state index is 12.5. The van der Waals surface area contributed by atoms with Gasteiger partial charge in [-0.2, -0.15) is 0 Å². The summed E-state index contributed by atoms with van der Waals surface area (Å²) in [7, 11) is 0.